The Balaban J connectivity index is 1.70. The average molecular weight is 404 g/mol. The number of alkyl halides is 1. The van der Waals surface area contributed by atoms with Crippen molar-refractivity contribution in [3.05, 3.63) is 36.2 Å². The highest BCUT2D eigenvalue weighted by molar-refractivity contribution is 5.99. The molecule has 1 saturated heterocycles. The molecule has 8 nitrogen and oxygen atoms in total. The highest BCUT2D eigenvalue weighted by atomic mass is 19.1. The first-order chi connectivity index (χ1) is 13.8. The first-order valence-corrected chi connectivity index (χ1v) is 9.41. The van der Waals surface area contributed by atoms with Crippen molar-refractivity contribution in [1.82, 2.24) is 20.4 Å². The van der Waals surface area contributed by atoms with E-state index in [1.54, 1.807) is 19.2 Å². The average Bonchev–Trinajstić information content (AvgIpc) is 3.33. The second kappa shape index (κ2) is 8.79. The molecule has 0 spiro atoms. The predicted octanol–water partition coefficient (Wildman–Crippen LogP) is 1.87. The molecule has 3 rings (SSSR count). The quantitative estimate of drug-likeness (QED) is 0.671. The topological polar surface area (TPSA) is 97.6 Å². The van der Waals surface area contributed by atoms with Crippen molar-refractivity contribution in [3.8, 4) is 11.5 Å². The fraction of sp³-hybridized carbons (Fsp3) is 0.500. The molecule has 2 aromatic rings. The molecule has 0 saturated carbocycles. The van der Waals surface area contributed by atoms with Gasteiger partial charge in [-0.1, -0.05) is 18.2 Å². The van der Waals surface area contributed by atoms with Gasteiger partial charge in [0.05, 0.1) is 19.7 Å². The molecular formula is C20H25FN4O4. The lowest BCUT2D eigenvalue weighted by Gasteiger charge is -2.28. The van der Waals surface area contributed by atoms with E-state index in [2.05, 4.69) is 15.5 Å². The maximum Gasteiger partial charge on any atom is 0.286 e. The van der Waals surface area contributed by atoms with Crippen LogP contribution in [-0.4, -0.2) is 71.3 Å². The molecule has 9 heteroatoms. The molecule has 1 aromatic carbocycles. The van der Waals surface area contributed by atoms with Crippen molar-refractivity contribution >= 4 is 11.7 Å². The maximum absolute atomic E-state index is 14.1. The van der Waals surface area contributed by atoms with Crippen LogP contribution in [0, 0.1) is 0 Å². The summed E-state index contributed by atoms with van der Waals surface area (Å²) in [5.41, 5.74) is 0.238. The molecule has 29 heavy (non-hydrogen) atoms. The number of ether oxygens (including phenoxy) is 1. The molecule has 1 aliphatic heterocycles. The molecule has 1 amide bonds. The summed E-state index contributed by atoms with van der Waals surface area (Å²) < 4.78 is 24.7. The number of hydrogen-bond acceptors (Lipinski definition) is 7. The second-order valence-electron chi connectivity index (χ2n) is 7.71. The normalized spacial score (nSPS) is 19.5. The number of nitrogens with one attached hydrogen (secondary N) is 1. The number of rotatable bonds is 8. The van der Waals surface area contributed by atoms with Crippen molar-refractivity contribution in [2.45, 2.75) is 38.0 Å². The van der Waals surface area contributed by atoms with Gasteiger partial charge in [-0.15, -0.1) is 10.2 Å². The number of aromatic nitrogens is 2. The van der Waals surface area contributed by atoms with Crippen molar-refractivity contribution in [2.24, 2.45) is 0 Å². The third-order valence-electron chi connectivity index (χ3n) is 4.75. The van der Waals surface area contributed by atoms with E-state index in [0.717, 1.165) is 0 Å². The van der Waals surface area contributed by atoms with Crippen molar-refractivity contribution in [1.29, 1.82) is 0 Å². The molecule has 2 heterocycles. The lowest BCUT2D eigenvalue weighted by Crippen LogP contribution is -2.51. The summed E-state index contributed by atoms with van der Waals surface area (Å²) >= 11 is 0. The van der Waals surface area contributed by atoms with Crippen LogP contribution in [0.5, 0.6) is 0 Å². The van der Waals surface area contributed by atoms with E-state index in [9.17, 15) is 14.0 Å². The molecule has 0 bridgehead atoms. The van der Waals surface area contributed by atoms with Gasteiger partial charge < -0.3 is 19.4 Å². The van der Waals surface area contributed by atoms with Crippen LogP contribution in [0.2, 0.25) is 0 Å². The Kier molecular flexibility index (Phi) is 6.39. The number of methoxy groups -OCH3 is 1. The Morgan fingerprint density at radius 1 is 1.31 bits per heavy atom. The maximum atomic E-state index is 14.1. The van der Waals surface area contributed by atoms with Gasteiger partial charge in [-0.05, 0) is 26.0 Å². The van der Waals surface area contributed by atoms with Gasteiger partial charge in [0.2, 0.25) is 17.6 Å². The minimum Gasteiger partial charge on any atom is -0.414 e. The summed E-state index contributed by atoms with van der Waals surface area (Å²) in [5.74, 6) is -0.946. The van der Waals surface area contributed by atoms with E-state index in [1.165, 1.54) is 4.90 Å². The van der Waals surface area contributed by atoms with Crippen molar-refractivity contribution < 1.29 is 23.1 Å². The second-order valence-corrected chi connectivity index (χ2v) is 7.71. The third-order valence-corrected chi connectivity index (χ3v) is 4.75. The van der Waals surface area contributed by atoms with Gasteiger partial charge in [0.15, 0.2) is 0 Å². The summed E-state index contributed by atoms with van der Waals surface area (Å²) in [4.78, 5) is 26.8. The van der Waals surface area contributed by atoms with Crippen LogP contribution in [0.25, 0.3) is 11.5 Å². The van der Waals surface area contributed by atoms with Gasteiger partial charge in [-0.25, -0.2) is 4.39 Å². The number of halogens is 1. The van der Waals surface area contributed by atoms with Crippen molar-refractivity contribution in [3.63, 3.8) is 0 Å². The monoisotopic (exact) mass is 404 g/mol. The summed E-state index contributed by atoms with van der Waals surface area (Å²) in [7, 11) is 1.57. The van der Waals surface area contributed by atoms with E-state index in [0.29, 0.717) is 12.2 Å². The van der Waals surface area contributed by atoms with Crippen molar-refractivity contribution in [2.75, 3.05) is 26.8 Å². The summed E-state index contributed by atoms with van der Waals surface area (Å²) in [6, 6.07) is 8.05. The number of hydrogen-bond donors (Lipinski definition) is 1. The van der Waals surface area contributed by atoms with Crippen LogP contribution in [0.4, 0.5) is 4.39 Å². The smallest absolute Gasteiger partial charge is 0.286 e. The van der Waals surface area contributed by atoms with Gasteiger partial charge in [0, 0.05) is 24.6 Å². The van der Waals surface area contributed by atoms with E-state index in [1.807, 2.05) is 32.0 Å². The number of benzene rings is 1. The molecule has 1 aliphatic rings. The number of nitrogens with zero attached hydrogens (tertiary/aromatic N) is 3. The first-order valence-electron chi connectivity index (χ1n) is 9.41. The van der Waals surface area contributed by atoms with Gasteiger partial charge in [0.1, 0.15) is 12.2 Å². The van der Waals surface area contributed by atoms with Crippen LogP contribution in [0.15, 0.2) is 34.7 Å². The zero-order valence-corrected chi connectivity index (χ0v) is 16.7. The number of carbonyl (C=O) groups is 2. The summed E-state index contributed by atoms with van der Waals surface area (Å²) in [6.45, 7) is 4.00. The number of carbonyl (C=O) groups excluding carboxylic acids is 2. The fourth-order valence-electron chi connectivity index (χ4n) is 3.30. The zero-order chi connectivity index (χ0) is 21.0. The van der Waals surface area contributed by atoms with Gasteiger partial charge in [-0.2, -0.15) is 0 Å². The molecule has 1 aromatic heterocycles. The Hall–Kier alpha value is -2.65. The molecule has 1 unspecified atom stereocenters. The van der Waals surface area contributed by atoms with Gasteiger partial charge in [-0.3, -0.25) is 9.59 Å². The molecule has 2 atom stereocenters. The fourth-order valence-corrected chi connectivity index (χ4v) is 3.30. The van der Waals surface area contributed by atoms with E-state index >= 15 is 0 Å². The lowest BCUT2D eigenvalue weighted by atomic mass is 10.1. The number of Topliss-reactive ketones (excluding diaryl/α,β-unsaturated/α-hetero) is 1. The number of amides is 1. The summed E-state index contributed by atoms with van der Waals surface area (Å²) in [5, 5.41) is 10.8. The van der Waals surface area contributed by atoms with Crippen LogP contribution >= 0.6 is 0 Å². The van der Waals surface area contributed by atoms with Crippen LogP contribution in [-0.2, 0) is 9.53 Å². The molecular weight excluding hydrogens is 379 g/mol. The van der Waals surface area contributed by atoms with E-state index < -0.39 is 23.5 Å². The first kappa shape index (κ1) is 21.1. The highest BCUT2D eigenvalue weighted by Gasteiger charge is 2.42. The molecule has 1 fully saturated rings. The standard InChI is InChI=1S/C20H25FN4O4/c1-20(2,12-28-3)22-10-16(26)25-11-14(21)9-15(25)17(27)19-24-23-18(29-19)13-7-5-4-6-8-13/h4-8,14-15,22H,9-12H2,1-3H3/t14-,15?/m0/s1. The Morgan fingerprint density at radius 2 is 2.03 bits per heavy atom. The summed E-state index contributed by atoms with van der Waals surface area (Å²) in [6.07, 6.45) is -1.37. The molecule has 0 radical (unpaired) electrons. The molecule has 1 N–H and O–H groups in total. The molecule has 0 aliphatic carbocycles. The zero-order valence-electron chi connectivity index (χ0n) is 16.7. The highest BCUT2D eigenvalue weighted by Crippen LogP contribution is 2.25. The number of likely N-dealkylation sites (tertiary alicyclic amines) is 1. The van der Waals surface area contributed by atoms with Crippen LogP contribution in [0.3, 0.4) is 0 Å². The lowest BCUT2D eigenvalue weighted by molar-refractivity contribution is -0.131. The van der Waals surface area contributed by atoms with Gasteiger partial charge in [0.25, 0.3) is 5.89 Å². The Bertz CT molecular complexity index is 855. The van der Waals surface area contributed by atoms with Gasteiger partial charge >= 0.3 is 0 Å². The van der Waals surface area contributed by atoms with Crippen LogP contribution < -0.4 is 5.32 Å². The minimum atomic E-state index is -1.28. The molecule has 156 valence electrons. The third kappa shape index (κ3) is 5.04. The largest absolute Gasteiger partial charge is 0.414 e. The number of ketones is 1. The predicted molar refractivity (Wildman–Crippen MR) is 103 cm³/mol. The SMILES string of the molecule is COCC(C)(C)NCC(=O)N1C[C@@H](F)CC1C(=O)c1nnc(-c2ccccc2)o1. The van der Waals surface area contributed by atoms with E-state index in [4.69, 9.17) is 9.15 Å². The minimum absolute atomic E-state index is 0.0358. The Labute approximate surface area is 168 Å². The van der Waals surface area contributed by atoms with E-state index in [-0.39, 0.29) is 37.2 Å². The van der Waals surface area contributed by atoms with Crippen LogP contribution in [0.1, 0.15) is 31.0 Å². The Morgan fingerprint density at radius 3 is 2.72 bits per heavy atom.